The lowest BCUT2D eigenvalue weighted by atomic mass is 10.0. The number of hydrogen-bond donors (Lipinski definition) is 3. The Hall–Kier alpha value is -2.63. The maximum atomic E-state index is 12.5. The maximum Gasteiger partial charge on any atom is 0.272 e. The van der Waals surface area contributed by atoms with Crippen molar-refractivity contribution in [2.24, 2.45) is 0 Å². The van der Waals surface area contributed by atoms with Gasteiger partial charge in [-0.25, -0.2) is 0 Å². The van der Waals surface area contributed by atoms with Crippen LogP contribution in [-0.4, -0.2) is 34.1 Å². The Morgan fingerprint density at radius 1 is 1.24 bits per heavy atom. The molecule has 1 fully saturated rings. The van der Waals surface area contributed by atoms with Crippen LogP contribution in [0, 0.1) is 0 Å². The molecule has 6 heteroatoms. The van der Waals surface area contributed by atoms with E-state index in [9.17, 15) is 9.59 Å². The lowest BCUT2D eigenvalue weighted by Crippen LogP contribution is -2.48. The number of aromatic amines is 1. The van der Waals surface area contributed by atoms with Crippen LogP contribution in [0.5, 0.6) is 0 Å². The van der Waals surface area contributed by atoms with Gasteiger partial charge in [0.2, 0.25) is 5.91 Å². The number of nitrogens with zero attached hydrogens (tertiary/aromatic N) is 1. The second kappa shape index (κ2) is 7.51. The molecule has 0 unspecified atom stereocenters. The SMILES string of the molecule is CC(C)c1cc(C(=O)N[C@@H](Cc2ccccc2)C(=O)NC2CC2)n[nH]1. The van der Waals surface area contributed by atoms with Crippen molar-refractivity contribution in [1.82, 2.24) is 20.8 Å². The number of rotatable bonds is 7. The monoisotopic (exact) mass is 340 g/mol. The fourth-order valence-corrected chi connectivity index (χ4v) is 2.57. The molecule has 1 aliphatic carbocycles. The Kier molecular flexibility index (Phi) is 5.16. The Bertz CT molecular complexity index is 735. The van der Waals surface area contributed by atoms with E-state index in [1.54, 1.807) is 6.07 Å². The van der Waals surface area contributed by atoms with Crippen molar-refractivity contribution in [3.63, 3.8) is 0 Å². The summed E-state index contributed by atoms with van der Waals surface area (Å²) in [5.41, 5.74) is 2.21. The van der Waals surface area contributed by atoms with Crippen molar-refractivity contribution in [2.75, 3.05) is 0 Å². The zero-order valence-corrected chi connectivity index (χ0v) is 14.6. The number of hydrogen-bond acceptors (Lipinski definition) is 3. The summed E-state index contributed by atoms with van der Waals surface area (Å²) in [4.78, 5) is 25.0. The molecule has 0 aliphatic heterocycles. The molecule has 0 saturated heterocycles. The quantitative estimate of drug-likeness (QED) is 0.722. The average molecular weight is 340 g/mol. The van der Waals surface area contributed by atoms with Crippen LogP contribution in [0.2, 0.25) is 0 Å². The van der Waals surface area contributed by atoms with Gasteiger partial charge in [-0.1, -0.05) is 44.2 Å². The van der Waals surface area contributed by atoms with E-state index in [1.165, 1.54) is 0 Å². The first-order chi connectivity index (χ1) is 12.0. The van der Waals surface area contributed by atoms with Crippen LogP contribution in [0.15, 0.2) is 36.4 Å². The number of amides is 2. The van der Waals surface area contributed by atoms with Crippen LogP contribution < -0.4 is 10.6 Å². The van der Waals surface area contributed by atoms with Gasteiger partial charge >= 0.3 is 0 Å². The first-order valence-electron chi connectivity index (χ1n) is 8.73. The second-order valence-electron chi connectivity index (χ2n) is 6.86. The van der Waals surface area contributed by atoms with Crippen LogP contribution in [0.3, 0.4) is 0 Å². The molecular weight excluding hydrogens is 316 g/mol. The zero-order valence-electron chi connectivity index (χ0n) is 14.6. The molecule has 1 aliphatic rings. The molecule has 0 radical (unpaired) electrons. The zero-order chi connectivity index (χ0) is 17.8. The van der Waals surface area contributed by atoms with E-state index in [-0.39, 0.29) is 23.8 Å². The summed E-state index contributed by atoms with van der Waals surface area (Å²) < 4.78 is 0. The van der Waals surface area contributed by atoms with Gasteiger partial charge in [0, 0.05) is 18.2 Å². The van der Waals surface area contributed by atoms with Crippen LogP contribution >= 0.6 is 0 Å². The van der Waals surface area contributed by atoms with Gasteiger partial charge in [0.15, 0.2) is 0 Å². The molecule has 2 aromatic rings. The van der Waals surface area contributed by atoms with E-state index in [0.29, 0.717) is 12.1 Å². The molecule has 3 N–H and O–H groups in total. The molecule has 1 atom stereocenters. The van der Waals surface area contributed by atoms with Crippen molar-refractivity contribution in [3.05, 3.63) is 53.3 Å². The summed E-state index contributed by atoms with van der Waals surface area (Å²) in [7, 11) is 0. The minimum absolute atomic E-state index is 0.140. The molecule has 2 amide bonds. The number of H-pyrrole nitrogens is 1. The molecule has 1 aromatic carbocycles. The van der Waals surface area contributed by atoms with Crippen molar-refractivity contribution in [1.29, 1.82) is 0 Å². The van der Waals surface area contributed by atoms with Crippen molar-refractivity contribution in [2.45, 2.75) is 51.1 Å². The van der Waals surface area contributed by atoms with E-state index in [0.717, 1.165) is 24.1 Å². The first kappa shape index (κ1) is 17.2. The predicted octanol–water partition coefficient (Wildman–Crippen LogP) is 2.15. The standard InChI is InChI=1S/C19H24N4O2/c1-12(2)15-11-17(23-22-15)19(25)21-16(18(24)20-14-8-9-14)10-13-6-4-3-5-7-13/h3-7,11-12,14,16H,8-10H2,1-2H3,(H,20,24)(H,21,25)(H,22,23)/t16-/m0/s1. The van der Waals surface area contributed by atoms with Gasteiger partial charge in [0.25, 0.3) is 5.91 Å². The van der Waals surface area contributed by atoms with Crippen molar-refractivity contribution < 1.29 is 9.59 Å². The largest absolute Gasteiger partial charge is 0.352 e. The van der Waals surface area contributed by atoms with Gasteiger partial charge in [-0.2, -0.15) is 5.10 Å². The summed E-state index contributed by atoms with van der Waals surface area (Å²) in [5.74, 6) is -0.221. The predicted molar refractivity (Wildman–Crippen MR) is 95.2 cm³/mol. The highest BCUT2D eigenvalue weighted by Crippen LogP contribution is 2.19. The number of carbonyl (C=O) groups is 2. The molecule has 1 aromatic heterocycles. The van der Waals surface area contributed by atoms with Crippen LogP contribution in [0.1, 0.15) is 54.4 Å². The van der Waals surface area contributed by atoms with E-state index in [2.05, 4.69) is 20.8 Å². The smallest absolute Gasteiger partial charge is 0.272 e. The minimum atomic E-state index is -0.616. The van der Waals surface area contributed by atoms with Gasteiger partial charge in [-0.15, -0.1) is 0 Å². The van der Waals surface area contributed by atoms with E-state index in [4.69, 9.17) is 0 Å². The molecule has 1 saturated carbocycles. The van der Waals surface area contributed by atoms with Crippen LogP contribution in [-0.2, 0) is 11.2 Å². The Balaban J connectivity index is 1.70. The minimum Gasteiger partial charge on any atom is -0.352 e. The van der Waals surface area contributed by atoms with Gasteiger partial charge in [-0.05, 0) is 30.4 Å². The highest BCUT2D eigenvalue weighted by molar-refractivity contribution is 5.96. The summed E-state index contributed by atoms with van der Waals surface area (Å²) in [6, 6.07) is 11.1. The third-order valence-corrected chi connectivity index (χ3v) is 4.28. The highest BCUT2D eigenvalue weighted by Gasteiger charge is 2.29. The Morgan fingerprint density at radius 2 is 1.96 bits per heavy atom. The van der Waals surface area contributed by atoms with E-state index < -0.39 is 6.04 Å². The molecule has 6 nitrogen and oxygen atoms in total. The number of nitrogens with one attached hydrogen (secondary N) is 3. The summed E-state index contributed by atoms with van der Waals surface area (Å²) in [6.07, 6.45) is 2.47. The number of carbonyl (C=O) groups excluding carboxylic acids is 2. The van der Waals surface area contributed by atoms with Gasteiger partial charge in [-0.3, -0.25) is 14.7 Å². The topological polar surface area (TPSA) is 86.9 Å². The fraction of sp³-hybridized carbons (Fsp3) is 0.421. The lowest BCUT2D eigenvalue weighted by molar-refractivity contribution is -0.123. The third kappa shape index (κ3) is 4.68. The van der Waals surface area contributed by atoms with E-state index >= 15 is 0 Å². The van der Waals surface area contributed by atoms with Crippen molar-refractivity contribution >= 4 is 11.8 Å². The van der Waals surface area contributed by atoms with E-state index in [1.807, 2.05) is 44.2 Å². The second-order valence-corrected chi connectivity index (χ2v) is 6.86. The third-order valence-electron chi connectivity index (χ3n) is 4.28. The summed E-state index contributed by atoms with van der Waals surface area (Å²) in [6.45, 7) is 4.05. The fourth-order valence-electron chi connectivity index (χ4n) is 2.57. The maximum absolute atomic E-state index is 12.5. The molecular formula is C19H24N4O2. The molecule has 132 valence electrons. The summed E-state index contributed by atoms with van der Waals surface area (Å²) in [5, 5.41) is 12.7. The van der Waals surface area contributed by atoms with Gasteiger partial charge in [0.1, 0.15) is 11.7 Å². The average Bonchev–Trinajstić information content (AvgIpc) is 3.26. The molecule has 3 rings (SSSR count). The lowest BCUT2D eigenvalue weighted by Gasteiger charge is -2.18. The molecule has 25 heavy (non-hydrogen) atoms. The normalized spacial score (nSPS) is 15.0. The molecule has 0 bridgehead atoms. The van der Waals surface area contributed by atoms with Gasteiger partial charge in [0.05, 0.1) is 0 Å². The van der Waals surface area contributed by atoms with Crippen molar-refractivity contribution in [3.8, 4) is 0 Å². The Morgan fingerprint density at radius 3 is 2.56 bits per heavy atom. The molecule has 1 heterocycles. The summed E-state index contributed by atoms with van der Waals surface area (Å²) >= 11 is 0. The highest BCUT2D eigenvalue weighted by atomic mass is 16.2. The van der Waals surface area contributed by atoms with Crippen LogP contribution in [0.25, 0.3) is 0 Å². The Labute approximate surface area is 147 Å². The van der Waals surface area contributed by atoms with Crippen LogP contribution in [0.4, 0.5) is 0 Å². The van der Waals surface area contributed by atoms with Gasteiger partial charge < -0.3 is 10.6 Å². The molecule has 0 spiro atoms. The number of benzene rings is 1. The first-order valence-corrected chi connectivity index (χ1v) is 8.73. The number of aromatic nitrogens is 2.